The standard InChI is InChI=1S/C64H44N2/c1-3-14-45(15-4-1)46-26-28-47(29-27-46)48-30-37-54(38-31-48)65(56-41-34-52(35-42-56)58-21-10-9-20-57(58)50-16-5-2-6-17-50)55-39-32-49(33-40-55)53-36-43-64-61(44-53)60-23-11-12-24-63(60)66(64)62-25-13-19-51-18-7-8-22-59(51)62/h1-44H/i1D,2D,3D,4D,5D,6D,9D,10D,14D,15D,16D,17D,20D,21D,26D,27D,28D,29D,30D,31D,32D,33D,34D,35D,37D,38D,39D,40D,41D,42D. The molecule has 0 unspecified atom stereocenters. The molecule has 0 fully saturated rings. The SMILES string of the molecule is [2H]c1c([2H])c([2H])c(-c2c([2H])c([2H])c(-c3c([2H])c([2H])c(N(c4c([2H])c([2H])c(-c5ccc6c(c5)c5ccccc5n6-c5cccc6ccccc56)c([2H])c4[2H])c4c([2H])c([2H])c(-c5c([2H])c([2H])c([2H])c([2H])c5-c5c([2H])c([2H])c([2H])c([2H])c5[2H])c([2H])c4[2H])c([2H])c3[2H])c([2H])c2[2H])c([2H])c1[2H]. The summed E-state index contributed by atoms with van der Waals surface area (Å²) < 4.78 is 275. The molecule has 1 heterocycles. The highest BCUT2D eigenvalue weighted by molar-refractivity contribution is 6.11. The average molecular weight is 871 g/mol. The van der Waals surface area contributed by atoms with E-state index in [-0.39, 0.29) is 11.1 Å². The average Bonchev–Trinajstić information content (AvgIpc) is 0.750. The second kappa shape index (κ2) is 16.8. The van der Waals surface area contributed by atoms with Crippen LogP contribution in [0.5, 0.6) is 0 Å². The Kier molecular flexibility index (Phi) is 4.77. The normalized spacial score (nSPS) is 17.7. The maximum Gasteiger partial charge on any atom is 0.0645 e. The maximum absolute atomic E-state index is 9.88. The third-order valence-electron chi connectivity index (χ3n) is 10.8. The number of hydrogen-bond acceptors (Lipinski definition) is 1. The molecule has 0 spiro atoms. The zero-order valence-electron chi connectivity index (χ0n) is 64.0. The highest BCUT2D eigenvalue weighted by Gasteiger charge is 2.17. The lowest BCUT2D eigenvalue weighted by atomic mass is 9.94. The molecule has 12 aromatic rings. The van der Waals surface area contributed by atoms with E-state index in [2.05, 4.69) is 0 Å². The van der Waals surface area contributed by atoms with Crippen molar-refractivity contribution in [3.05, 3.63) is 266 Å². The zero-order valence-corrected chi connectivity index (χ0v) is 34.0. The first-order chi connectivity index (χ1) is 45.2. The van der Waals surface area contributed by atoms with Gasteiger partial charge >= 0.3 is 0 Å². The molecule has 1 aromatic heterocycles. The second-order valence-corrected chi connectivity index (χ2v) is 14.6. The Morgan fingerprint density at radius 1 is 0.303 bits per heavy atom. The van der Waals surface area contributed by atoms with Gasteiger partial charge in [-0.2, -0.15) is 0 Å². The van der Waals surface area contributed by atoms with Crippen LogP contribution in [0.15, 0.2) is 266 Å². The van der Waals surface area contributed by atoms with Crippen molar-refractivity contribution in [2.24, 2.45) is 0 Å². The predicted octanol–water partition coefficient (Wildman–Crippen LogP) is 17.7. The van der Waals surface area contributed by atoms with E-state index in [1.807, 2.05) is 71.3 Å². The van der Waals surface area contributed by atoms with E-state index in [1.54, 1.807) is 18.2 Å². The van der Waals surface area contributed by atoms with Crippen LogP contribution in [0.2, 0.25) is 0 Å². The maximum atomic E-state index is 9.88. The number of aromatic nitrogens is 1. The number of rotatable bonds is 9. The molecule has 11 aromatic carbocycles. The Morgan fingerprint density at radius 3 is 1.33 bits per heavy atom. The van der Waals surface area contributed by atoms with Crippen LogP contribution in [0.3, 0.4) is 0 Å². The minimum atomic E-state index is -1.29. The summed E-state index contributed by atoms with van der Waals surface area (Å²) >= 11 is 0. The van der Waals surface area contributed by atoms with Crippen LogP contribution in [-0.4, -0.2) is 4.57 Å². The molecular weight excluding hydrogens is 797 g/mol. The lowest BCUT2D eigenvalue weighted by Crippen LogP contribution is -2.09. The summed E-state index contributed by atoms with van der Waals surface area (Å²) in [5, 5.41) is 3.20. The van der Waals surface area contributed by atoms with Gasteiger partial charge in [0.1, 0.15) is 0 Å². The summed E-state index contributed by atoms with van der Waals surface area (Å²) in [6.07, 6.45) is 0. The summed E-state index contributed by atoms with van der Waals surface area (Å²) in [5.41, 5.74) is -8.25. The van der Waals surface area contributed by atoms with Crippen molar-refractivity contribution in [2.75, 3.05) is 4.90 Å². The first-order valence-corrected chi connectivity index (χ1v) is 20.2. The minimum absolute atomic E-state index is 0.125. The third kappa shape index (κ3) is 7.12. The topological polar surface area (TPSA) is 8.17 Å². The molecule has 0 amide bonds. The highest BCUT2D eigenvalue weighted by atomic mass is 15.1. The predicted molar refractivity (Wildman–Crippen MR) is 280 cm³/mol. The van der Waals surface area contributed by atoms with Gasteiger partial charge in [-0.3, -0.25) is 0 Å². The monoisotopic (exact) mass is 871 g/mol. The van der Waals surface area contributed by atoms with Crippen LogP contribution in [0.4, 0.5) is 17.1 Å². The molecule has 0 aliphatic heterocycles. The van der Waals surface area contributed by atoms with Gasteiger partial charge in [0, 0.05) is 33.2 Å². The summed E-state index contributed by atoms with van der Waals surface area (Å²) in [6, 6.07) is -5.49. The first kappa shape index (κ1) is 18.8. The Bertz CT molecular complexity index is 5330. The van der Waals surface area contributed by atoms with E-state index in [9.17, 15) is 20.6 Å². The lowest BCUT2D eigenvalue weighted by molar-refractivity contribution is 1.20. The highest BCUT2D eigenvalue weighted by Crippen LogP contribution is 2.41. The fourth-order valence-electron chi connectivity index (χ4n) is 7.77. The minimum Gasteiger partial charge on any atom is -0.311 e. The lowest BCUT2D eigenvalue weighted by Gasteiger charge is -2.26. The molecule has 0 aliphatic rings. The van der Waals surface area contributed by atoms with Gasteiger partial charge in [0.05, 0.1) is 57.8 Å². The summed E-state index contributed by atoms with van der Waals surface area (Å²) in [7, 11) is 0. The molecule has 2 heteroatoms. The molecule has 0 bridgehead atoms. The molecule has 0 N–H and O–H groups in total. The smallest absolute Gasteiger partial charge is 0.0645 e. The molecule has 2 nitrogen and oxygen atoms in total. The summed E-state index contributed by atoms with van der Waals surface area (Å²) in [5.74, 6) is 0. The molecule has 310 valence electrons. The van der Waals surface area contributed by atoms with Gasteiger partial charge in [-0.15, -0.1) is 0 Å². The second-order valence-electron chi connectivity index (χ2n) is 14.6. The van der Waals surface area contributed by atoms with Gasteiger partial charge in [-0.1, -0.05) is 206 Å². The first-order valence-electron chi connectivity index (χ1n) is 35.2. The Morgan fingerprint density at radius 2 is 0.727 bits per heavy atom. The number of nitrogens with zero attached hydrogens (tertiary/aromatic N) is 2. The molecule has 66 heavy (non-hydrogen) atoms. The number of anilines is 3. The number of hydrogen-bond donors (Lipinski definition) is 0. The van der Waals surface area contributed by atoms with Crippen LogP contribution in [0.25, 0.3) is 93.9 Å². The van der Waals surface area contributed by atoms with Gasteiger partial charge < -0.3 is 9.47 Å². The van der Waals surface area contributed by atoms with Crippen molar-refractivity contribution >= 4 is 49.6 Å². The van der Waals surface area contributed by atoms with E-state index in [1.165, 1.54) is 0 Å². The van der Waals surface area contributed by atoms with E-state index in [4.69, 9.17) is 20.6 Å². The van der Waals surface area contributed by atoms with Crippen molar-refractivity contribution in [3.8, 4) is 61.3 Å². The van der Waals surface area contributed by atoms with Crippen LogP contribution in [0.1, 0.15) is 41.1 Å². The van der Waals surface area contributed by atoms with Gasteiger partial charge in [-0.05, 0) is 122 Å². The fraction of sp³-hybridized carbons (Fsp3) is 0. The molecule has 0 aliphatic carbocycles. The Labute approximate surface area is 427 Å². The van der Waals surface area contributed by atoms with Crippen LogP contribution in [-0.2, 0) is 0 Å². The number of benzene rings is 11. The van der Waals surface area contributed by atoms with E-state index in [0.717, 1.165) is 27.4 Å². The van der Waals surface area contributed by atoms with Gasteiger partial charge in [0.25, 0.3) is 0 Å². The molecule has 12 rings (SSSR count). The van der Waals surface area contributed by atoms with Crippen molar-refractivity contribution < 1.29 is 41.1 Å². The van der Waals surface area contributed by atoms with Gasteiger partial charge in [0.15, 0.2) is 0 Å². The molecule has 0 saturated carbocycles. The van der Waals surface area contributed by atoms with Gasteiger partial charge in [-0.25, -0.2) is 0 Å². The number of para-hydroxylation sites is 1. The van der Waals surface area contributed by atoms with Crippen LogP contribution in [0, 0.1) is 0 Å². The van der Waals surface area contributed by atoms with E-state index >= 15 is 0 Å². The molecule has 0 saturated heterocycles. The third-order valence-corrected chi connectivity index (χ3v) is 10.8. The quantitative estimate of drug-likeness (QED) is 0.140. The molecule has 0 radical (unpaired) electrons. The van der Waals surface area contributed by atoms with Gasteiger partial charge in [0.2, 0.25) is 0 Å². The molecule has 0 atom stereocenters. The van der Waals surface area contributed by atoms with Crippen LogP contribution < -0.4 is 4.90 Å². The largest absolute Gasteiger partial charge is 0.311 e. The fourth-order valence-corrected chi connectivity index (χ4v) is 7.77. The van der Waals surface area contributed by atoms with Crippen molar-refractivity contribution in [1.29, 1.82) is 0 Å². The summed E-state index contributed by atoms with van der Waals surface area (Å²) in [4.78, 5) is 0.397. The summed E-state index contributed by atoms with van der Waals surface area (Å²) in [6.45, 7) is 0. The zero-order chi connectivity index (χ0) is 69.9. The number of fused-ring (bicyclic) bond motifs is 4. The van der Waals surface area contributed by atoms with Crippen LogP contribution >= 0.6 is 0 Å². The van der Waals surface area contributed by atoms with Crippen molar-refractivity contribution in [2.45, 2.75) is 0 Å². The van der Waals surface area contributed by atoms with Crippen molar-refractivity contribution in [1.82, 2.24) is 4.57 Å². The van der Waals surface area contributed by atoms with E-state index < -0.39 is 243 Å². The van der Waals surface area contributed by atoms with E-state index in [0.29, 0.717) is 15.8 Å². The molecular formula is C64H44N2. The van der Waals surface area contributed by atoms with Crippen molar-refractivity contribution in [3.63, 3.8) is 0 Å². The Balaban J connectivity index is 1.15. The Hall–Kier alpha value is -8.72.